The summed E-state index contributed by atoms with van der Waals surface area (Å²) in [6, 6.07) is 9.54. The third kappa shape index (κ3) is 3.37. The van der Waals surface area contributed by atoms with E-state index in [9.17, 15) is 9.90 Å². The molecule has 23 heavy (non-hydrogen) atoms. The number of hydrogen-bond acceptors (Lipinski definition) is 3. The third-order valence-corrected chi connectivity index (χ3v) is 4.33. The summed E-state index contributed by atoms with van der Waals surface area (Å²) >= 11 is 0. The Labute approximate surface area is 135 Å². The van der Waals surface area contributed by atoms with Gasteiger partial charge in [-0.3, -0.25) is 0 Å². The van der Waals surface area contributed by atoms with E-state index in [1.807, 2.05) is 43.5 Å². The zero-order valence-corrected chi connectivity index (χ0v) is 13.2. The minimum atomic E-state index is -0.113. The van der Waals surface area contributed by atoms with Crippen molar-refractivity contribution < 1.29 is 9.90 Å². The highest BCUT2D eigenvalue weighted by Gasteiger charge is 2.28. The molecule has 0 spiro atoms. The van der Waals surface area contributed by atoms with E-state index in [0.717, 1.165) is 24.1 Å². The van der Waals surface area contributed by atoms with Gasteiger partial charge >= 0.3 is 6.03 Å². The predicted octanol–water partition coefficient (Wildman–Crippen LogP) is 2.10. The molecule has 1 fully saturated rings. The number of likely N-dealkylation sites (tertiary alicyclic amines) is 1. The molecular formula is C17H22N4O2. The van der Waals surface area contributed by atoms with E-state index < -0.39 is 0 Å². The van der Waals surface area contributed by atoms with Crippen LogP contribution in [0.4, 0.5) is 4.79 Å². The van der Waals surface area contributed by atoms with Crippen LogP contribution in [-0.2, 0) is 0 Å². The molecule has 0 saturated carbocycles. The fraction of sp³-hybridized carbons (Fsp3) is 0.412. The monoisotopic (exact) mass is 314 g/mol. The Morgan fingerprint density at radius 3 is 3.09 bits per heavy atom. The van der Waals surface area contributed by atoms with Crippen molar-refractivity contribution in [1.29, 1.82) is 0 Å². The van der Waals surface area contributed by atoms with Crippen LogP contribution < -0.4 is 5.32 Å². The van der Waals surface area contributed by atoms with Gasteiger partial charge in [0.25, 0.3) is 0 Å². The van der Waals surface area contributed by atoms with Gasteiger partial charge in [-0.05, 0) is 43.5 Å². The van der Waals surface area contributed by atoms with Crippen LogP contribution in [-0.4, -0.2) is 45.0 Å². The third-order valence-electron chi connectivity index (χ3n) is 4.33. The molecule has 2 heterocycles. The zero-order valence-electron chi connectivity index (χ0n) is 13.2. The summed E-state index contributed by atoms with van der Waals surface area (Å²) in [7, 11) is 0. The lowest BCUT2D eigenvalue weighted by Crippen LogP contribution is -2.44. The minimum absolute atomic E-state index is 0.0244. The van der Waals surface area contributed by atoms with Crippen molar-refractivity contribution in [3.05, 3.63) is 48.3 Å². The normalized spacial score (nSPS) is 18.9. The predicted molar refractivity (Wildman–Crippen MR) is 87.3 cm³/mol. The van der Waals surface area contributed by atoms with E-state index in [0.29, 0.717) is 6.54 Å². The number of urea groups is 1. The highest BCUT2D eigenvalue weighted by Crippen LogP contribution is 2.20. The average Bonchev–Trinajstić information content (AvgIpc) is 3.26. The van der Waals surface area contributed by atoms with Crippen molar-refractivity contribution in [2.24, 2.45) is 0 Å². The molecular weight excluding hydrogens is 292 g/mol. The number of amides is 2. The molecule has 1 saturated heterocycles. The Hall–Kier alpha value is -2.34. The number of rotatable bonds is 4. The smallest absolute Gasteiger partial charge is 0.318 e. The second kappa shape index (κ2) is 6.83. The van der Waals surface area contributed by atoms with Gasteiger partial charge in [0, 0.05) is 18.9 Å². The van der Waals surface area contributed by atoms with E-state index in [1.54, 1.807) is 15.8 Å². The first kappa shape index (κ1) is 15.6. The lowest BCUT2D eigenvalue weighted by molar-refractivity contribution is 0.155. The van der Waals surface area contributed by atoms with Gasteiger partial charge in [0.1, 0.15) is 0 Å². The quantitative estimate of drug-likeness (QED) is 0.908. The van der Waals surface area contributed by atoms with Gasteiger partial charge < -0.3 is 15.3 Å². The Kier molecular flexibility index (Phi) is 4.62. The minimum Gasteiger partial charge on any atom is -0.394 e. The van der Waals surface area contributed by atoms with Gasteiger partial charge in [-0.1, -0.05) is 12.1 Å². The Morgan fingerprint density at radius 2 is 2.35 bits per heavy atom. The van der Waals surface area contributed by atoms with E-state index in [2.05, 4.69) is 10.4 Å². The molecule has 6 nitrogen and oxygen atoms in total. The Bertz CT molecular complexity index is 656. The van der Waals surface area contributed by atoms with Crippen molar-refractivity contribution in [3.63, 3.8) is 0 Å². The second-order valence-electron chi connectivity index (χ2n) is 5.89. The molecule has 1 aromatic heterocycles. The van der Waals surface area contributed by atoms with Crippen molar-refractivity contribution in [1.82, 2.24) is 20.0 Å². The Morgan fingerprint density at radius 1 is 1.48 bits per heavy atom. The molecule has 122 valence electrons. The average molecular weight is 314 g/mol. The number of benzene rings is 1. The van der Waals surface area contributed by atoms with Crippen molar-refractivity contribution in [2.45, 2.75) is 31.8 Å². The molecule has 1 aliphatic heterocycles. The Balaban J connectivity index is 1.70. The summed E-state index contributed by atoms with van der Waals surface area (Å²) in [5.41, 5.74) is 1.98. The maximum Gasteiger partial charge on any atom is 0.318 e. The van der Waals surface area contributed by atoms with E-state index in [1.165, 1.54) is 0 Å². The molecule has 3 rings (SSSR count). The number of nitrogens with one attached hydrogen (secondary N) is 1. The highest BCUT2D eigenvalue weighted by atomic mass is 16.3. The number of carbonyl (C=O) groups excluding carboxylic acids is 1. The maximum absolute atomic E-state index is 12.4. The molecule has 0 radical (unpaired) electrons. The number of nitrogens with zero attached hydrogens (tertiary/aromatic N) is 3. The topological polar surface area (TPSA) is 70.4 Å². The highest BCUT2D eigenvalue weighted by molar-refractivity contribution is 5.75. The fourth-order valence-electron chi connectivity index (χ4n) is 3.00. The summed E-state index contributed by atoms with van der Waals surface area (Å²) in [6.07, 6.45) is 5.44. The van der Waals surface area contributed by atoms with Crippen LogP contribution in [0.15, 0.2) is 42.7 Å². The van der Waals surface area contributed by atoms with E-state index in [-0.39, 0.29) is 24.7 Å². The molecule has 2 N–H and O–H groups in total. The van der Waals surface area contributed by atoms with Gasteiger partial charge in [0.05, 0.1) is 24.4 Å². The van der Waals surface area contributed by atoms with Crippen molar-refractivity contribution in [2.75, 3.05) is 13.2 Å². The summed E-state index contributed by atoms with van der Waals surface area (Å²) < 4.78 is 1.79. The molecule has 1 aliphatic rings. The van der Waals surface area contributed by atoms with Crippen LogP contribution in [0, 0.1) is 0 Å². The van der Waals surface area contributed by atoms with Gasteiger partial charge in [-0.15, -0.1) is 0 Å². The lowest BCUT2D eigenvalue weighted by atomic mass is 10.1. The first-order valence-electron chi connectivity index (χ1n) is 7.97. The first-order valence-corrected chi connectivity index (χ1v) is 7.97. The molecule has 2 amide bonds. The van der Waals surface area contributed by atoms with Crippen molar-refractivity contribution in [3.8, 4) is 5.69 Å². The number of aliphatic hydroxyl groups excluding tert-OH is 1. The van der Waals surface area contributed by atoms with Crippen molar-refractivity contribution >= 4 is 6.03 Å². The molecule has 0 bridgehead atoms. The standard InChI is InChI=1S/C17H22N4O2/c1-13(19-17(23)20-9-3-7-16(20)12-22)14-5-2-6-15(11-14)21-10-4-8-18-21/h2,4-6,8,10-11,13,16,22H,3,7,9,12H2,1H3,(H,19,23)/t13?,16-/m1/s1. The van der Waals surface area contributed by atoms with Crippen LogP contribution in [0.3, 0.4) is 0 Å². The SMILES string of the molecule is CC(NC(=O)N1CCC[C@@H]1CO)c1cccc(-n2cccn2)c1. The van der Waals surface area contributed by atoms with Crippen LogP contribution in [0.5, 0.6) is 0 Å². The maximum atomic E-state index is 12.4. The largest absolute Gasteiger partial charge is 0.394 e. The lowest BCUT2D eigenvalue weighted by Gasteiger charge is -2.25. The zero-order chi connectivity index (χ0) is 16.2. The van der Waals surface area contributed by atoms with Gasteiger partial charge in [-0.2, -0.15) is 5.10 Å². The molecule has 0 aliphatic carbocycles. The van der Waals surface area contributed by atoms with E-state index >= 15 is 0 Å². The summed E-state index contributed by atoms with van der Waals surface area (Å²) in [5.74, 6) is 0. The van der Waals surface area contributed by atoms with Crippen LogP contribution >= 0.6 is 0 Å². The number of hydrogen-bond donors (Lipinski definition) is 2. The van der Waals surface area contributed by atoms with Gasteiger partial charge in [0.2, 0.25) is 0 Å². The molecule has 6 heteroatoms. The summed E-state index contributed by atoms with van der Waals surface area (Å²) in [6.45, 7) is 2.69. The number of carbonyl (C=O) groups is 1. The number of aliphatic hydroxyl groups is 1. The van der Waals surface area contributed by atoms with Crippen LogP contribution in [0.1, 0.15) is 31.4 Å². The van der Waals surface area contributed by atoms with Gasteiger partial charge in [-0.25, -0.2) is 9.48 Å². The van der Waals surface area contributed by atoms with E-state index in [4.69, 9.17) is 0 Å². The van der Waals surface area contributed by atoms with Crippen LogP contribution in [0.2, 0.25) is 0 Å². The molecule has 2 aromatic rings. The summed E-state index contributed by atoms with van der Waals surface area (Å²) in [4.78, 5) is 14.1. The number of aromatic nitrogens is 2. The van der Waals surface area contributed by atoms with Gasteiger partial charge in [0.15, 0.2) is 0 Å². The summed E-state index contributed by atoms with van der Waals surface area (Å²) in [5, 5.41) is 16.6. The van der Waals surface area contributed by atoms with Crippen LogP contribution in [0.25, 0.3) is 5.69 Å². The molecule has 2 atom stereocenters. The second-order valence-corrected chi connectivity index (χ2v) is 5.89. The first-order chi connectivity index (χ1) is 11.2. The molecule has 1 aromatic carbocycles. The molecule has 1 unspecified atom stereocenters. The fourth-order valence-corrected chi connectivity index (χ4v) is 3.00.